The summed E-state index contributed by atoms with van der Waals surface area (Å²) in [5.74, 6) is 1.53. The standard InChI is InChI=1S/C13H22N4O/c1-11-5-4-7-17(9-11)13(18)16(3)10-12-14-6-8-15(12)2/h6,8,11H,4-5,7,9-10H2,1-3H3. The van der Waals surface area contributed by atoms with Crippen LogP contribution in [0.25, 0.3) is 0 Å². The molecule has 0 N–H and O–H groups in total. The summed E-state index contributed by atoms with van der Waals surface area (Å²) in [5, 5.41) is 0. The van der Waals surface area contributed by atoms with Crippen molar-refractivity contribution in [3.8, 4) is 0 Å². The van der Waals surface area contributed by atoms with Gasteiger partial charge in [-0.3, -0.25) is 0 Å². The van der Waals surface area contributed by atoms with Crippen LogP contribution in [-0.4, -0.2) is 45.5 Å². The summed E-state index contributed by atoms with van der Waals surface area (Å²) in [6.45, 7) is 4.53. The normalized spacial score (nSPS) is 19.9. The Kier molecular flexibility index (Phi) is 3.89. The van der Waals surface area contributed by atoms with Crippen molar-refractivity contribution in [3.05, 3.63) is 18.2 Å². The number of hydrogen-bond acceptors (Lipinski definition) is 2. The minimum atomic E-state index is 0.115. The smallest absolute Gasteiger partial charge is 0.320 e. The summed E-state index contributed by atoms with van der Waals surface area (Å²) in [4.78, 5) is 20.3. The molecule has 1 atom stereocenters. The number of rotatable bonds is 2. The van der Waals surface area contributed by atoms with Gasteiger partial charge in [0.2, 0.25) is 0 Å². The number of piperidine rings is 1. The predicted octanol–water partition coefficient (Wildman–Crippen LogP) is 1.70. The number of carbonyl (C=O) groups is 1. The third-order valence-corrected chi connectivity index (χ3v) is 3.55. The molecule has 2 amide bonds. The Balaban J connectivity index is 1.94. The van der Waals surface area contributed by atoms with Crippen molar-refractivity contribution in [1.29, 1.82) is 0 Å². The molecule has 1 aliphatic heterocycles. The van der Waals surface area contributed by atoms with Crippen LogP contribution in [0.4, 0.5) is 4.79 Å². The first-order valence-corrected chi connectivity index (χ1v) is 6.54. The molecule has 5 heteroatoms. The van der Waals surface area contributed by atoms with Gasteiger partial charge >= 0.3 is 6.03 Å². The highest BCUT2D eigenvalue weighted by Gasteiger charge is 2.23. The van der Waals surface area contributed by atoms with Crippen LogP contribution in [-0.2, 0) is 13.6 Å². The second kappa shape index (κ2) is 5.42. The van der Waals surface area contributed by atoms with Crippen molar-refractivity contribution in [1.82, 2.24) is 19.4 Å². The molecule has 0 radical (unpaired) electrons. The molecule has 1 saturated heterocycles. The van der Waals surface area contributed by atoms with Crippen molar-refractivity contribution in [2.45, 2.75) is 26.3 Å². The lowest BCUT2D eigenvalue weighted by atomic mass is 10.0. The molecule has 2 rings (SSSR count). The summed E-state index contributed by atoms with van der Waals surface area (Å²) in [7, 11) is 3.79. The van der Waals surface area contributed by atoms with Gasteiger partial charge in [-0.05, 0) is 18.8 Å². The number of amides is 2. The minimum Gasteiger partial charge on any atom is -0.337 e. The van der Waals surface area contributed by atoms with Gasteiger partial charge in [-0.1, -0.05) is 6.92 Å². The number of aryl methyl sites for hydroxylation is 1. The first kappa shape index (κ1) is 12.9. The van der Waals surface area contributed by atoms with Crippen LogP contribution in [0.3, 0.4) is 0 Å². The maximum atomic E-state index is 12.3. The topological polar surface area (TPSA) is 41.4 Å². The Morgan fingerprint density at radius 3 is 3.00 bits per heavy atom. The van der Waals surface area contributed by atoms with Gasteiger partial charge in [0, 0.05) is 39.6 Å². The Morgan fingerprint density at radius 1 is 1.61 bits per heavy atom. The van der Waals surface area contributed by atoms with Crippen LogP contribution in [0.5, 0.6) is 0 Å². The summed E-state index contributed by atoms with van der Waals surface area (Å²) in [6.07, 6.45) is 6.00. The van der Waals surface area contributed by atoms with Crippen LogP contribution in [0.2, 0.25) is 0 Å². The summed E-state index contributed by atoms with van der Waals surface area (Å²) >= 11 is 0. The average Bonchev–Trinajstić information content (AvgIpc) is 2.74. The highest BCUT2D eigenvalue weighted by Crippen LogP contribution is 2.17. The van der Waals surface area contributed by atoms with E-state index in [0.717, 1.165) is 25.3 Å². The predicted molar refractivity (Wildman–Crippen MR) is 70.0 cm³/mol. The lowest BCUT2D eigenvalue weighted by Crippen LogP contribution is -2.45. The van der Waals surface area contributed by atoms with E-state index in [1.165, 1.54) is 6.42 Å². The van der Waals surface area contributed by atoms with E-state index in [-0.39, 0.29) is 6.03 Å². The summed E-state index contributed by atoms with van der Waals surface area (Å²) in [6, 6.07) is 0.115. The van der Waals surface area contributed by atoms with E-state index in [2.05, 4.69) is 11.9 Å². The van der Waals surface area contributed by atoms with Crippen molar-refractivity contribution in [3.63, 3.8) is 0 Å². The number of aromatic nitrogens is 2. The van der Waals surface area contributed by atoms with E-state index in [9.17, 15) is 4.79 Å². The zero-order valence-corrected chi connectivity index (χ0v) is 11.5. The highest BCUT2D eigenvalue weighted by atomic mass is 16.2. The van der Waals surface area contributed by atoms with Crippen molar-refractivity contribution in [2.24, 2.45) is 13.0 Å². The highest BCUT2D eigenvalue weighted by molar-refractivity contribution is 5.74. The van der Waals surface area contributed by atoms with Crippen molar-refractivity contribution >= 4 is 6.03 Å². The fraction of sp³-hybridized carbons (Fsp3) is 0.692. The van der Waals surface area contributed by atoms with Crippen LogP contribution in [0.15, 0.2) is 12.4 Å². The molecule has 1 unspecified atom stereocenters. The first-order chi connectivity index (χ1) is 8.58. The molecule has 100 valence electrons. The largest absolute Gasteiger partial charge is 0.337 e. The quantitative estimate of drug-likeness (QED) is 0.801. The van der Waals surface area contributed by atoms with Gasteiger partial charge in [-0.25, -0.2) is 9.78 Å². The van der Waals surface area contributed by atoms with Gasteiger partial charge in [0.1, 0.15) is 5.82 Å². The molecule has 1 aromatic rings. The SMILES string of the molecule is CC1CCCN(C(=O)N(C)Cc2nccn2C)C1. The molecule has 0 saturated carbocycles. The number of likely N-dealkylation sites (tertiary alicyclic amines) is 1. The van der Waals surface area contributed by atoms with Crippen LogP contribution >= 0.6 is 0 Å². The molecule has 1 aromatic heterocycles. The average molecular weight is 250 g/mol. The van der Waals surface area contributed by atoms with E-state index in [4.69, 9.17) is 0 Å². The zero-order chi connectivity index (χ0) is 13.1. The van der Waals surface area contributed by atoms with Crippen LogP contribution < -0.4 is 0 Å². The van der Waals surface area contributed by atoms with E-state index < -0.39 is 0 Å². The third kappa shape index (κ3) is 2.83. The second-order valence-corrected chi connectivity index (χ2v) is 5.29. The maximum Gasteiger partial charge on any atom is 0.320 e. The maximum absolute atomic E-state index is 12.3. The molecule has 0 spiro atoms. The van der Waals surface area contributed by atoms with Crippen molar-refractivity contribution < 1.29 is 4.79 Å². The molecule has 5 nitrogen and oxygen atoms in total. The fourth-order valence-corrected chi connectivity index (χ4v) is 2.43. The molecular formula is C13H22N4O. The fourth-order valence-electron chi connectivity index (χ4n) is 2.43. The summed E-state index contributed by atoms with van der Waals surface area (Å²) in [5.41, 5.74) is 0. The van der Waals surface area contributed by atoms with E-state index in [1.807, 2.05) is 29.8 Å². The number of imidazole rings is 1. The van der Waals surface area contributed by atoms with Gasteiger partial charge < -0.3 is 14.4 Å². The molecule has 1 fully saturated rings. The third-order valence-electron chi connectivity index (χ3n) is 3.55. The lowest BCUT2D eigenvalue weighted by molar-refractivity contribution is 0.136. The van der Waals surface area contributed by atoms with E-state index in [0.29, 0.717) is 12.5 Å². The minimum absolute atomic E-state index is 0.115. The van der Waals surface area contributed by atoms with Crippen LogP contribution in [0.1, 0.15) is 25.6 Å². The number of carbonyl (C=O) groups excluding carboxylic acids is 1. The molecule has 2 heterocycles. The monoisotopic (exact) mass is 250 g/mol. The van der Waals surface area contributed by atoms with Gasteiger partial charge in [0.15, 0.2) is 0 Å². The van der Waals surface area contributed by atoms with Crippen LogP contribution in [0, 0.1) is 5.92 Å². The molecule has 0 aliphatic carbocycles. The molecule has 0 aromatic carbocycles. The molecule has 1 aliphatic rings. The first-order valence-electron chi connectivity index (χ1n) is 6.54. The lowest BCUT2D eigenvalue weighted by Gasteiger charge is -2.33. The van der Waals surface area contributed by atoms with Crippen molar-refractivity contribution in [2.75, 3.05) is 20.1 Å². The number of hydrogen-bond donors (Lipinski definition) is 0. The van der Waals surface area contributed by atoms with E-state index >= 15 is 0 Å². The van der Waals surface area contributed by atoms with Gasteiger partial charge in [0.05, 0.1) is 6.54 Å². The van der Waals surface area contributed by atoms with Gasteiger partial charge in [-0.2, -0.15) is 0 Å². The Labute approximate surface area is 108 Å². The number of urea groups is 1. The molecule has 0 bridgehead atoms. The second-order valence-electron chi connectivity index (χ2n) is 5.29. The Morgan fingerprint density at radius 2 is 2.39 bits per heavy atom. The summed E-state index contributed by atoms with van der Waals surface area (Å²) < 4.78 is 1.95. The molecular weight excluding hydrogens is 228 g/mol. The molecule has 18 heavy (non-hydrogen) atoms. The van der Waals surface area contributed by atoms with Gasteiger partial charge in [0.25, 0.3) is 0 Å². The zero-order valence-electron chi connectivity index (χ0n) is 11.5. The van der Waals surface area contributed by atoms with E-state index in [1.54, 1.807) is 11.1 Å². The number of nitrogens with zero attached hydrogens (tertiary/aromatic N) is 4. The Bertz CT molecular complexity index is 415. The Hall–Kier alpha value is -1.52. The van der Waals surface area contributed by atoms with Gasteiger partial charge in [-0.15, -0.1) is 0 Å².